The Bertz CT molecular complexity index is 838. The maximum atomic E-state index is 12.4. The number of aromatic amines is 1. The van der Waals surface area contributed by atoms with Gasteiger partial charge in [-0.05, 0) is 37.2 Å². The molecule has 2 aliphatic rings. The first-order valence-electron chi connectivity index (χ1n) is 8.81. The van der Waals surface area contributed by atoms with E-state index in [1.807, 2.05) is 19.3 Å². The summed E-state index contributed by atoms with van der Waals surface area (Å²) in [5.74, 6) is 1.92. The van der Waals surface area contributed by atoms with E-state index in [-0.39, 0.29) is 17.6 Å². The van der Waals surface area contributed by atoms with Gasteiger partial charge in [0.2, 0.25) is 0 Å². The molecule has 2 aromatic rings. The van der Waals surface area contributed by atoms with Gasteiger partial charge in [0, 0.05) is 25.9 Å². The number of hydrogen-bond acceptors (Lipinski definition) is 6. The van der Waals surface area contributed by atoms with Crippen LogP contribution in [0.25, 0.3) is 11.0 Å². The first-order chi connectivity index (χ1) is 12.0. The molecule has 0 bridgehead atoms. The number of nitrogens with one attached hydrogen (secondary N) is 1. The van der Waals surface area contributed by atoms with Gasteiger partial charge in [0.1, 0.15) is 17.8 Å². The fraction of sp³-hybridized carbons (Fsp3) is 0.647. The second-order valence-corrected chi connectivity index (χ2v) is 9.50. The number of rotatable bonds is 6. The van der Waals surface area contributed by atoms with Gasteiger partial charge in [-0.15, -0.1) is 0 Å². The van der Waals surface area contributed by atoms with Crippen molar-refractivity contribution in [3.05, 3.63) is 18.6 Å². The third-order valence-corrected chi connectivity index (χ3v) is 7.39. The molecule has 8 heteroatoms. The largest absolute Gasteiger partial charge is 0.381 e. The molecule has 1 saturated heterocycles. The number of H-pyrrole nitrogens is 1. The Kier molecular flexibility index (Phi) is 4.41. The van der Waals surface area contributed by atoms with Crippen LogP contribution in [0.5, 0.6) is 0 Å². The van der Waals surface area contributed by atoms with Crippen molar-refractivity contribution < 1.29 is 13.2 Å². The van der Waals surface area contributed by atoms with Crippen molar-refractivity contribution in [1.29, 1.82) is 0 Å². The van der Waals surface area contributed by atoms with E-state index in [4.69, 9.17) is 4.74 Å². The van der Waals surface area contributed by atoms with Gasteiger partial charge in [-0.25, -0.2) is 18.4 Å². The molecular weight excluding hydrogens is 340 g/mol. The molecule has 1 atom stereocenters. The number of hydrogen-bond donors (Lipinski definition) is 1. The van der Waals surface area contributed by atoms with Crippen LogP contribution in [0.4, 0.5) is 5.82 Å². The Morgan fingerprint density at radius 3 is 2.84 bits per heavy atom. The minimum Gasteiger partial charge on any atom is -0.381 e. The van der Waals surface area contributed by atoms with Crippen LogP contribution < -0.4 is 4.90 Å². The molecular formula is C17H24N4O3S. The summed E-state index contributed by atoms with van der Waals surface area (Å²) in [5, 5.41) is 1.00. The SMILES string of the molecule is CN(c1ncnc2[nH]ccc12)[C@H]1C[C@@H](CS(=O)(=O)CC2CCOC2)C1. The van der Waals surface area contributed by atoms with E-state index in [0.717, 1.165) is 36.1 Å². The molecule has 0 aromatic carbocycles. The number of aromatic nitrogens is 3. The number of ether oxygens (including phenoxy) is 1. The third-order valence-electron chi connectivity index (χ3n) is 5.43. The lowest BCUT2D eigenvalue weighted by Crippen LogP contribution is -2.45. The quantitative estimate of drug-likeness (QED) is 0.838. The molecule has 2 fully saturated rings. The molecule has 1 N–H and O–H groups in total. The normalized spacial score (nSPS) is 26.7. The van der Waals surface area contributed by atoms with Gasteiger partial charge < -0.3 is 14.6 Å². The Labute approximate surface area is 147 Å². The summed E-state index contributed by atoms with van der Waals surface area (Å²) in [5.41, 5.74) is 0.828. The van der Waals surface area contributed by atoms with Crippen LogP contribution in [0, 0.1) is 11.8 Å². The van der Waals surface area contributed by atoms with E-state index in [2.05, 4.69) is 19.9 Å². The molecule has 1 saturated carbocycles. The highest BCUT2D eigenvalue weighted by Gasteiger charge is 2.36. The van der Waals surface area contributed by atoms with Crippen LogP contribution in [0.3, 0.4) is 0 Å². The van der Waals surface area contributed by atoms with Gasteiger partial charge in [-0.3, -0.25) is 0 Å². The lowest BCUT2D eigenvalue weighted by molar-refractivity contribution is 0.188. The zero-order valence-electron chi connectivity index (χ0n) is 14.4. The predicted octanol–water partition coefficient (Wildman–Crippen LogP) is 1.62. The molecule has 0 spiro atoms. The first kappa shape index (κ1) is 16.8. The van der Waals surface area contributed by atoms with Gasteiger partial charge >= 0.3 is 0 Å². The second kappa shape index (κ2) is 6.57. The van der Waals surface area contributed by atoms with Crippen molar-refractivity contribution in [2.24, 2.45) is 11.8 Å². The highest BCUT2D eigenvalue weighted by Crippen LogP contribution is 2.36. The molecule has 25 heavy (non-hydrogen) atoms. The van der Waals surface area contributed by atoms with Crippen LogP contribution >= 0.6 is 0 Å². The number of sulfone groups is 1. The predicted molar refractivity (Wildman–Crippen MR) is 96.4 cm³/mol. The molecule has 3 heterocycles. The van der Waals surface area contributed by atoms with Gasteiger partial charge in [0.05, 0.1) is 23.5 Å². The molecule has 2 aromatic heterocycles. The minimum atomic E-state index is -2.99. The van der Waals surface area contributed by atoms with Crippen molar-refractivity contribution in [2.75, 3.05) is 36.7 Å². The van der Waals surface area contributed by atoms with E-state index in [0.29, 0.717) is 25.0 Å². The van der Waals surface area contributed by atoms with Crippen molar-refractivity contribution in [1.82, 2.24) is 15.0 Å². The maximum absolute atomic E-state index is 12.4. The van der Waals surface area contributed by atoms with Crippen LogP contribution in [0.2, 0.25) is 0 Å². The highest BCUT2D eigenvalue weighted by molar-refractivity contribution is 7.91. The first-order valence-corrected chi connectivity index (χ1v) is 10.6. The fourth-order valence-corrected chi connectivity index (χ4v) is 6.07. The van der Waals surface area contributed by atoms with E-state index in [9.17, 15) is 8.42 Å². The average Bonchev–Trinajstić information content (AvgIpc) is 3.20. The topological polar surface area (TPSA) is 88.2 Å². The maximum Gasteiger partial charge on any atom is 0.150 e. The number of nitrogens with zero attached hydrogens (tertiary/aromatic N) is 3. The van der Waals surface area contributed by atoms with Crippen LogP contribution in [0.15, 0.2) is 18.6 Å². The smallest absolute Gasteiger partial charge is 0.150 e. The Morgan fingerprint density at radius 2 is 2.08 bits per heavy atom. The summed E-state index contributed by atoms with van der Waals surface area (Å²) >= 11 is 0. The van der Waals surface area contributed by atoms with Crippen LogP contribution in [0.1, 0.15) is 19.3 Å². The molecule has 0 amide bonds. The monoisotopic (exact) mass is 364 g/mol. The highest BCUT2D eigenvalue weighted by atomic mass is 32.2. The van der Waals surface area contributed by atoms with Crippen molar-refractivity contribution in [3.63, 3.8) is 0 Å². The number of anilines is 1. The summed E-state index contributed by atoms with van der Waals surface area (Å²) in [6, 6.07) is 2.31. The third kappa shape index (κ3) is 3.50. The van der Waals surface area contributed by atoms with Crippen molar-refractivity contribution in [3.8, 4) is 0 Å². The second-order valence-electron chi connectivity index (χ2n) is 7.35. The van der Waals surface area contributed by atoms with Crippen molar-refractivity contribution >= 4 is 26.7 Å². The molecule has 1 aliphatic heterocycles. The van der Waals surface area contributed by atoms with E-state index in [1.54, 1.807) is 6.33 Å². The zero-order valence-corrected chi connectivity index (χ0v) is 15.2. The summed E-state index contributed by atoms with van der Waals surface area (Å²) in [6.45, 7) is 1.29. The van der Waals surface area contributed by atoms with Gasteiger partial charge in [0.25, 0.3) is 0 Å². The van der Waals surface area contributed by atoms with E-state index >= 15 is 0 Å². The fourth-order valence-electron chi connectivity index (χ4n) is 3.97. The lowest BCUT2D eigenvalue weighted by Gasteiger charge is -2.41. The Balaban J connectivity index is 1.34. The average molecular weight is 364 g/mol. The summed E-state index contributed by atoms with van der Waals surface area (Å²) < 4.78 is 30.1. The summed E-state index contributed by atoms with van der Waals surface area (Å²) in [4.78, 5) is 13.9. The van der Waals surface area contributed by atoms with Gasteiger partial charge in [-0.2, -0.15) is 0 Å². The molecule has 1 aliphatic carbocycles. The molecule has 7 nitrogen and oxygen atoms in total. The standard InChI is InChI=1S/C17H24N4O3S/c1-21(17-15-2-4-18-16(15)19-11-20-17)14-6-13(7-14)10-25(22,23)9-12-3-5-24-8-12/h2,4,11-14H,3,5-10H2,1H3,(H,18,19,20)/t12?,13-,14+. The molecule has 136 valence electrons. The molecule has 4 rings (SSSR count). The summed E-state index contributed by atoms with van der Waals surface area (Å²) in [7, 11) is -0.966. The Morgan fingerprint density at radius 1 is 1.28 bits per heavy atom. The summed E-state index contributed by atoms with van der Waals surface area (Å²) in [6.07, 6.45) is 6.09. The van der Waals surface area contributed by atoms with E-state index < -0.39 is 9.84 Å². The number of fused-ring (bicyclic) bond motifs is 1. The van der Waals surface area contributed by atoms with Crippen LogP contribution in [-0.2, 0) is 14.6 Å². The van der Waals surface area contributed by atoms with Gasteiger partial charge in [0.15, 0.2) is 9.84 Å². The van der Waals surface area contributed by atoms with Crippen molar-refractivity contribution in [2.45, 2.75) is 25.3 Å². The molecule has 0 radical (unpaired) electrons. The molecule has 1 unspecified atom stereocenters. The Hall–Kier alpha value is -1.67. The van der Waals surface area contributed by atoms with Gasteiger partial charge in [-0.1, -0.05) is 0 Å². The lowest BCUT2D eigenvalue weighted by atomic mass is 9.81. The zero-order chi connectivity index (χ0) is 17.4. The van der Waals surface area contributed by atoms with E-state index in [1.165, 1.54) is 0 Å². The van der Waals surface area contributed by atoms with Crippen LogP contribution in [-0.4, -0.2) is 61.2 Å². The minimum absolute atomic E-state index is 0.187.